The molecule has 27 heavy (non-hydrogen) atoms. The number of aliphatic imine (C=N–C) groups is 1. The topological polar surface area (TPSA) is 67.8 Å². The van der Waals surface area contributed by atoms with Crippen LogP contribution < -0.4 is 10.1 Å². The zero-order chi connectivity index (χ0) is 19.1. The molecule has 2 aromatic carbocycles. The molecule has 138 valence electrons. The fourth-order valence-corrected chi connectivity index (χ4v) is 4.32. The maximum Gasteiger partial charge on any atom is 0.285 e. The second-order valence-electron chi connectivity index (χ2n) is 5.58. The van der Waals surface area contributed by atoms with Crippen molar-refractivity contribution in [3.05, 3.63) is 65.1 Å². The molecule has 3 rings (SSSR count). The van der Waals surface area contributed by atoms with E-state index in [9.17, 15) is 9.59 Å². The number of amides is 2. The largest absolute Gasteiger partial charge is 0.497 e. The first kappa shape index (κ1) is 19.3. The molecule has 1 aliphatic rings. The van der Waals surface area contributed by atoms with Crippen LogP contribution in [0.1, 0.15) is 12.0 Å². The van der Waals surface area contributed by atoms with Crippen molar-refractivity contribution in [2.75, 3.05) is 18.2 Å². The van der Waals surface area contributed by atoms with Gasteiger partial charge in [0.15, 0.2) is 0 Å². The first-order chi connectivity index (χ1) is 13.1. The normalized spacial score (nSPS) is 14.9. The smallest absolute Gasteiger partial charge is 0.285 e. The van der Waals surface area contributed by atoms with Gasteiger partial charge in [-0.2, -0.15) is 4.99 Å². The second-order valence-corrected chi connectivity index (χ2v) is 7.96. The monoisotopic (exact) mass is 398 g/mol. The van der Waals surface area contributed by atoms with Crippen molar-refractivity contribution < 1.29 is 14.3 Å². The maximum absolute atomic E-state index is 12.1. The predicted molar refractivity (Wildman–Crippen MR) is 113 cm³/mol. The Morgan fingerprint density at radius 1 is 1.22 bits per heavy atom. The summed E-state index contributed by atoms with van der Waals surface area (Å²) in [6, 6.07) is 16.9. The number of anilines is 1. The Morgan fingerprint density at radius 2 is 2.04 bits per heavy atom. The lowest BCUT2D eigenvalue weighted by Gasteiger charge is -2.06. The Morgan fingerprint density at radius 3 is 2.81 bits per heavy atom. The van der Waals surface area contributed by atoms with E-state index in [0.717, 1.165) is 5.56 Å². The Kier molecular flexibility index (Phi) is 6.73. The minimum atomic E-state index is -0.229. The first-order valence-corrected chi connectivity index (χ1v) is 10.1. The number of thioether (sulfide) groups is 2. The number of rotatable bonds is 6. The highest BCUT2D eigenvalue weighted by atomic mass is 32.2. The third-order valence-electron chi connectivity index (χ3n) is 3.61. The molecule has 0 spiro atoms. The van der Waals surface area contributed by atoms with E-state index in [2.05, 4.69) is 10.3 Å². The predicted octanol–water partition coefficient (Wildman–Crippen LogP) is 4.43. The fraction of sp³-hybridized carbons (Fsp3) is 0.150. The lowest BCUT2D eigenvalue weighted by molar-refractivity contribution is -0.116. The Balaban J connectivity index is 1.46. The van der Waals surface area contributed by atoms with Crippen LogP contribution in [0.15, 0.2) is 64.5 Å². The van der Waals surface area contributed by atoms with E-state index in [1.54, 1.807) is 13.2 Å². The Hall–Kier alpha value is -2.51. The van der Waals surface area contributed by atoms with Gasteiger partial charge in [-0.25, -0.2) is 0 Å². The summed E-state index contributed by atoms with van der Waals surface area (Å²) in [5, 5.41) is 2.83. The standard InChI is InChI=1S/C20H18N2O3S2/c1-25-16-9-5-8-15(13-16)21-18(23)10-11-26-20-22-19(24)17(27-20)12-14-6-3-2-4-7-14/h2-9,12-13H,10-11H2,1H3,(H,21,23). The van der Waals surface area contributed by atoms with Crippen LogP contribution in [0.3, 0.4) is 0 Å². The van der Waals surface area contributed by atoms with E-state index in [-0.39, 0.29) is 11.8 Å². The van der Waals surface area contributed by atoms with Crippen LogP contribution in [0, 0.1) is 0 Å². The molecular formula is C20H18N2O3S2. The molecule has 0 aliphatic carbocycles. The van der Waals surface area contributed by atoms with Crippen molar-refractivity contribution in [2.24, 2.45) is 4.99 Å². The molecule has 2 aromatic rings. The van der Waals surface area contributed by atoms with E-state index in [1.165, 1.54) is 23.5 Å². The van der Waals surface area contributed by atoms with E-state index in [4.69, 9.17) is 4.74 Å². The number of carbonyl (C=O) groups excluding carboxylic acids is 2. The molecule has 0 bridgehead atoms. The highest BCUT2D eigenvalue weighted by molar-refractivity contribution is 8.41. The van der Waals surface area contributed by atoms with Gasteiger partial charge in [-0.15, -0.1) is 0 Å². The summed E-state index contributed by atoms with van der Waals surface area (Å²) in [5.41, 5.74) is 1.66. The zero-order valence-corrected chi connectivity index (χ0v) is 16.3. The minimum Gasteiger partial charge on any atom is -0.497 e. The number of methoxy groups -OCH3 is 1. The fourth-order valence-electron chi connectivity index (χ4n) is 2.31. The zero-order valence-electron chi connectivity index (χ0n) is 14.7. The number of ether oxygens (including phenoxy) is 1. The molecule has 0 fully saturated rings. The second kappa shape index (κ2) is 9.43. The van der Waals surface area contributed by atoms with Gasteiger partial charge in [0.25, 0.3) is 5.91 Å². The molecule has 5 nitrogen and oxygen atoms in total. The van der Waals surface area contributed by atoms with Crippen molar-refractivity contribution in [3.8, 4) is 5.75 Å². The highest BCUT2D eigenvalue weighted by Gasteiger charge is 2.22. The van der Waals surface area contributed by atoms with Crippen LogP contribution in [-0.2, 0) is 9.59 Å². The van der Waals surface area contributed by atoms with Crippen molar-refractivity contribution in [3.63, 3.8) is 0 Å². The van der Waals surface area contributed by atoms with Crippen LogP contribution in [0.2, 0.25) is 0 Å². The molecule has 0 aromatic heterocycles. The quantitative estimate of drug-likeness (QED) is 0.729. The average molecular weight is 399 g/mol. The minimum absolute atomic E-state index is 0.0919. The summed E-state index contributed by atoms with van der Waals surface area (Å²) in [5.74, 6) is 0.918. The van der Waals surface area contributed by atoms with E-state index in [0.29, 0.717) is 32.9 Å². The van der Waals surface area contributed by atoms with Gasteiger partial charge >= 0.3 is 0 Å². The van der Waals surface area contributed by atoms with Crippen molar-refractivity contribution in [1.82, 2.24) is 0 Å². The van der Waals surface area contributed by atoms with Crippen LogP contribution in [-0.4, -0.2) is 29.1 Å². The third-order valence-corrected chi connectivity index (χ3v) is 5.73. The van der Waals surface area contributed by atoms with Crippen LogP contribution in [0.5, 0.6) is 5.75 Å². The van der Waals surface area contributed by atoms with Gasteiger partial charge in [-0.1, -0.05) is 59.9 Å². The van der Waals surface area contributed by atoms with Crippen LogP contribution >= 0.6 is 23.5 Å². The number of hydrogen-bond donors (Lipinski definition) is 1. The number of hydrogen-bond acceptors (Lipinski definition) is 5. The van der Waals surface area contributed by atoms with Crippen molar-refractivity contribution in [1.29, 1.82) is 0 Å². The molecule has 0 unspecified atom stereocenters. The Bertz CT molecular complexity index is 895. The number of benzene rings is 2. The lowest BCUT2D eigenvalue weighted by Crippen LogP contribution is -2.12. The number of nitrogens with one attached hydrogen (secondary N) is 1. The first-order valence-electron chi connectivity index (χ1n) is 8.28. The van der Waals surface area contributed by atoms with Gasteiger partial charge in [0.2, 0.25) is 5.91 Å². The SMILES string of the molecule is COc1cccc(NC(=O)CCSC2=NC(=O)C(=Cc3ccccc3)S2)c1. The van der Waals surface area contributed by atoms with E-state index >= 15 is 0 Å². The summed E-state index contributed by atoms with van der Waals surface area (Å²) in [4.78, 5) is 28.7. The Labute approximate surface area is 166 Å². The van der Waals surface area contributed by atoms with Gasteiger partial charge in [0, 0.05) is 23.9 Å². The molecule has 0 saturated carbocycles. The summed E-state index contributed by atoms with van der Waals surface area (Å²) in [6.45, 7) is 0. The molecule has 0 atom stereocenters. The molecule has 1 N–H and O–H groups in total. The molecule has 1 heterocycles. The summed E-state index contributed by atoms with van der Waals surface area (Å²) >= 11 is 2.76. The number of carbonyl (C=O) groups is 2. The summed E-state index contributed by atoms with van der Waals surface area (Å²) < 4.78 is 5.81. The molecule has 1 aliphatic heterocycles. The molecule has 0 radical (unpaired) electrons. The van der Waals surface area contributed by atoms with E-state index < -0.39 is 0 Å². The molecular weight excluding hydrogens is 380 g/mol. The van der Waals surface area contributed by atoms with Crippen molar-refractivity contribution >= 4 is 51.5 Å². The van der Waals surface area contributed by atoms with Crippen molar-refractivity contribution in [2.45, 2.75) is 6.42 Å². The average Bonchev–Trinajstić information content (AvgIpc) is 3.02. The molecule has 2 amide bonds. The lowest BCUT2D eigenvalue weighted by atomic mass is 10.2. The molecule has 0 saturated heterocycles. The number of nitrogens with zero attached hydrogens (tertiary/aromatic N) is 1. The summed E-state index contributed by atoms with van der Waals surface area (Å²) in [6.07, 6.45) is 2.16. The molecule has 7 heteroatoms. The summed E-state index contributed by atoms with van der Waals surface area (Å²) in [7, 11) is 1.58. The van der Waals surface area contributed by atoms with Gasteiger partial charge in [0.05, 0.1) is 12.0 Å². The van der Waals surface area contributed by atoms with Crippen LogP contribution in [0.4, 0.5) is 5.69 Å². The maximum atomic E-state index is 12.1. The van der Waals surface area contributed by atoms with Gasteiger partial charge in [-0.3, -0.25) is 9.59 Å². The van der Waals surface area contributed by atoms with Crippen LogP contribution in [0.25, 0.3) is 6.08 Å². The van der Waals surface area contributed by atoms with E-state index in [1.807, 2.05) is 54.6 Å². The van der Waals surface area contributed by atoms with Gasteiger partial charge in [0.1, 0.15) is 10.1 Å². The van der Waals surface area contributed by atoms with Gasteiger partial charge in [-0.05, 0) is 23.8 Å². The highest BCUT2D eigenvalue weighted by Crippen LogP contribution is 2.33. The van der Waals surface area contributed by atoms with Gasteiger partial charge < -0.3 is 10.1 Å². The third kappa shape index (κ3) is 5.74.